The molecule has 0 aliphatic heterocycles. The Morgan fingerprint density at radius 3 is 2.38 bits per heavy atom. The second-order valence-corrected chi connectivity index (χ2v) is 5.11. The highest BCUT2D eigenvalue weighted by atomic mass is 19.4. The van der Waals surface area contributed by atoms with Gasteiger partial charge in [0.25, 0.3) is 0 Å². The summed E-state index contributed by atoms with van der Waals surface area (Å²) in [5, 5.41) is 7.98. The monoisotopic (exact) mass is 360 g/mol. The van der Waals surface area contributed by atoms with E-state index in [0.29, 0.717) is 5.69 Å². The average Bonchev–Trinajstić information content (AvgIpc) is 3.09. The third-order valence-corrected chi connectivity index (χ3v) is 3.37. The first kappa shape index (κ1) is 17.3. The molecule has 0 amide bonds. The fraction of sp³-hybridized carbons (Fsp3) is 0.125. The standard InChI is InChI=1S/C16H11F3N6O/c17-16(18,19)26-13-8-6-12(7-9-13)25-10-21-15(23-25)14(22-24-20)11-4-2-1-3-5-11/h1-10,14H. The van der Waals surface area contributed by atoms with Gasteiger partial charge in [0, 0.05) is 4.91 Å². The molecule has 1 aromatic heterocycles. The molecule has 1 unspecified atom stereocenters. The molecular formula is C16H11F3N6O. The maximum Gasteiger partial charge on any atom is 0.573 e. The van der Waals surface area contributed by atoms with Crippen molar-refractivity contribution >= 4 is 0 Å². The van der Waals surface area contributed by atoms with Crippen LogP contribution in [0.2, 0.25) is 0 Å². The highest BCUT2D eigenvalue weighted by molar-refractivity contribution is 5.36. The van der Waals surface area contributed by atoms with Crippen LogP contribution in [0, 0.1) is 0 Å². The number of halogens is 3. The Bertz CT molecular complexity index is 917. The van der Waals surface area contributed by atoms with Gasteiger partial charge in [0.1, 0.15) is 18.1 Å². The summed E-state index contributed by atoms with van der Waals surface area (Å²) in [6.07, 6.45) is -3.36. The summed E-state index contributed by atoms with van der Waals surface area (Å²) in [7, 11) is 0. The van der Waals surface area contributed by atoms with E-state index in [9.17, 15) is 13.2 Å². The maximum absolute atomic E-state index is 12.2. The Hall–Kier alpha value is -3.52. The van der Waals surface area contributed by atoms with Crippen molar-refractivity contribution in [2.24, 2.45) is 5.11 Å². The van der Waals surface area contributed by atoms with Crippen molar-refractivity contribution in [1.82, 2.24) is 14.8 Å². The molecule has 1 atom stereocenters. The lowest BCUT2D eigenvalue weighted by atomic mass is 10.1. The summed E-state index contributed by atoms with van der Waals surface area (Å²) in [5.41, 5.74) is 9.99. The average molecular weight is 360 g/mol. The number of azide groups is 1. The number of benzene rings is 2. The fourth-order valence-corrected chi connectivity index (χ4v) is 2.28. The number of rotatable bonds is 5. The third kappa shape index (κ3) is 4.11. The third-order valence-electron chi connectivity index (χ3n) is 3.37. The minimum absolute atomic E-state index is 0.268. The zero-order valence-electron chi connectivity index (χ0n) is 13.1. The summed E-state index contributed by atoms with van der Waals surface area (Å²) in [6, 6.07) is 13.4. The van der Waals surface area contributed by atoms with Gasteiger partial charge < -0.3 is 4.74 Å². The van der Waals surface area contributed by atoms with E-state index in [1.54, 1.807) is 24.3 Å². The van der Waals surface area contributed by atoms with Gasteiger partial charge in [-0.05, 0) is 35.4 Å². The number of ether oxygens (including phenoxy) is 1. The SMILES string of the molecule is [N-]=[N+]=NC(c1ccccc1)c1ncn(-c2ccc(OC(F)(F)F)cc2)n1. The molecule has 7 nitrogen and oxygen atoms in total. The summed E-state index contributed by atoms with van der Waals surface area (Å²) in [6.45, 7) is 0. The van der Waals surface area contributed by atoms with E-state index >= 15 is 0 Å². The number of hydrogen-bond donors (Lipinski definition) is 0. The number of aromatic nitrogens is 3. The van der Waals surface area contributed by atoms with Gasteiger partial charge in [0.2, 0.25) is 0 Å². The number of hydrogen-bond acceptors (Lipinski definition) is 4. The van der Waals surface area contributed by atoms with Gasteiger partial charge in [0.15, 0.2) is 5.82 Å². The van der Waals surface area contributed by atoms with Crippen molar-refractivity contribution in [3.05, 3.63) is 82.8 Å². The van der Waals surface area contributed by atoms with Crippen LogP contribution in [0.3, 0.4) is 0 Å². The second-order valence-electron chi connectivity index (χ2n) is 5.11. The molecule has 26 heavy (non-hydrogen) atoms. The Kier molecular flexibility index (Phi) is 4.76. The van der Waals surface area contributed by atoms with Crippen LogP contribution in [0.25, 0.3) is 16.1 Å². The molecule has 0 saturated heterocycles. The van der Waals surface area contributed by atoms with E-state index in [0.717, 1.165) is 5.56 Å². The first-order chi connectivity index (χ1) is 12.5. The van der Waals surface area contributed by atoms with Gasteiger partial charge >= 0.3 is 6.36 Å². The molecule has 0 aliphatic carbocycles. The van der Waals surface area contributed by atoms with Crippen molar-refractivity contribution in [2.75, 3.05) is 0 Å². The van der Waals surface area contributed by atoms with Crippen molar-refractivity contribution in [3.8, 4) is 11.4 Å². The molecule has 132 valence electrons. The van der Waals surface area contributed by atoms with Crippen LogP contribution < -0.4 is 4.74 Å². The Morgan fingerprint density at radius 2 is 1.77 bits per heavy atom. The van der Waals surface area contributed by atoms with Crippen molar-refractivity contribution < 1.29 is 17.9 Å². The van der Waals surface area contributed by atoms with E-state index in [2.05, 4.69) is 24.8 Å². The first-order valence-electron chi connectivity index (χ1n) is 7.33. The fourth-order valence-electron chi connectivity index (χ4n) is 2.28. The Morgan fingerprint density at radius 1 is 1.08 bits per heavy atom. The van der Waals surface area contributed by atoms with Crippen LogP contribution in [-0.2, 0) is 0 Å². The number of nitrogens with zero attached hydrogens (tertiary/aromatic N) is 6. The lowest BCUT2D eigenvalue weighted by molar-refractivity contribution is -0.274. The predicted molar refractivity (Wildman–Crippen MR) is 85.5 cm³/mol. The van der Waals surface area contributed by atoms with Gasteiger partial charge in [-0.15, -0.1) is 13.2 Å². The molecule has 3 rings (SSSR count). The van der Waals surface area contributed by atoms with E-state index in [4.69, 9.17) is 5.53 Å². The molecule has 2 aromatic carbocycles. The molecule has 0 saturated carbocycles. The molecule has 10 heteroatoms. The zero-order chi connectivity index (χ0) is 18.6. The van der Waals surface area contributed by atoms with Gasteiger partial charge in [-0.25, -0.2) is 9.67 Å². The molecule has 0 aliphatic rings. The molecule has 0 fully saturated rings. The predicted octanol–water partition coefficient (Wildman–Crippen LogP) is 4.57. The number of alkyl halides is 3. The summed E-state index contributed by atoms with van der Waals surface area (Å²) >= 11 is 0. The van der Waals surface area contributed by atoms with E-state index < -0.39 is 12.4 Å². The molecule has 0 N–H and O–H groups in total. The topological polar surface area (TPSA) is 88.7 Å². The molecule has 0 bridgehead atoms. The summed E-state index contributed by atoms with van der Waals surface area (Å²) < 4.78 is 41.8. The molecular weight excluding hydrogens is 349 g/mol. The molecule has 0 radical (unpaired) electrons. The highest BCUT2D eigenvalue weighted by Crippen LogP contribution is 2.25. The smallest absolute Gasteiger partial charge is 0.406 e. The van der Waals surface area contributed by atoms with Gasteiger partial charge in [0.05, 0.1) is 5.69 Å². The highest BCUT2D eigenvalue weighted by Gasteiger charge is 2.31. The van der Waals surface area contributed by atoms with Crippen LogP contribution in [0.15, 0.2) is 66.0 Å². The van der Waals surface area contributed by atoms with Crippen molar-refractivity contribution in [3.63, 3.8) is 0 Å². The normalized spacial score (nSPS) is 12.3. The summed E-state index contributed by atoms with van der Waals surface area (Å²) in [4.78, 5) is 6.97. The Labute approximate surface area is 145 Å². The van der Waals surface area contributed by atoms with Gasteiger partial charge in [-0.3, -0.25) is 0 Å². The molecule has 3 aromatic rings. The Balaban J connectivity index is 1.86. The quantitative estimate of drug-likeness (QED) is 0.379. The summed E-state index contributed by atoms with van der Waals surface area (Å²) in [5.74, 6) is -0.0672. The van der Waals surface area contributed by atoms with E-state index in [1.807, 2.05) is 6.07 Å². The van der Waals surface area contributed by atoms with Gasteiger partial charge in [-0.2, -0.15) is 5.10 Å². The molecule has 0 spiro atoms. The van der Waals surface area contributed by atoms with Gasteiger partial charge in [-0.1, -0.05) is 35.4 Å². The van der Waals surface area contributed by atoms with Crippen LogP contribution in [0.5, 0.6) is 5.75 Å². The van der Waals surface area contributed by atoms with Crippen molar-refractivity contribution in [1.29, 1.82) is 0 Å². The minimum atomic E-state index is -4.75. The van der Waals surface area contributed by atoms with Crippen LogP contribution in [0.4, 0.5) is 13.2 Å². The maximum atomic E-state index is 12.2. The largest absolute Gasteiger partial charge is 0.573 e. The van der Waals surface area contributed by atoms with E-state index in [1.165, 1.54) is 35.3 Å². The van der Waals surface area contributed by atoms with E-state index in [-0.39, 0.29) is 11.6 Å². The van der Waals surface area contributed by atoms with Crippen LogP contribution in [0.1, 0.15) is 17.4 Å². The lowest BCUT2D eigenvalue weighted by Gasteiger charge is -2.09. The second kappa shape index (κ2) is 7.16. The first-order valence-corrected chi connectivity index (χ1v) is 7.33. The zero-order valence-corrected chi connectivity index (χ0v) is 13.1. The van der Waals surface area contributed by atoms with Crippen LogP contribution in [-0.4, -0.2) is 21.1 Å². The van der Waals surface area contributed by atoms with Crippen molar-refractivity contribution in [2.45, 2.75) is 12.4 Å². The van der Waals surface area contributed by atoms with Crippen LogP contribution >= 0.6 is 0 Å². The molecule has 1 heterocycles. The minimum Gasteiger partial charge on any atom is -0.406 e. The lowest BCUT2D eigenvalue weighted by Crippen LogP contribution is -2.17.